The van der Waals surface area contributed by atoms with Crippen LogP contribution < -0.4 is 5.32 Å². The molecule has 1 unspecified atom stereocenters. The highest BCUT2D eigenvalue weighted by atomic mass is 19.1. The number of nitrogens with zero attached hydrogens (tertiary/aromatic N) is 3. The maximum Gasteiger partial charge on any atom is 0.246 e. The molecule has 1 aliphatic heterocycles. The highest BCUT2D eigenvalue weighted by molar-refractivity contribution is 5.94. The van der Waals surface area contributed by atoms with Crippen LogP contribution in [-0.4, -0.2) is 52.1 Å². The summed E-state index contributed by atoms with van der Waals surface area (Å²) in [5.74, 6) is -0.359. The van der Waals surface area contributed by atoms with Crippen molar-refractivity contribution in [3.05, 3.63) is 66.1 Å². The summed E-state index contributed by atoms with van der Waals surface area (Å²) in [5, 5.41) is 2.85. The lowest BCUT2D eigenvalue weighted by Crippen LogP contribution is -2.42. The molecule has 36 heavy (non-hydrogen) atoms. The average Bonchev–Trinajstić information content (AvgIpc) is 3.51. The van der Waals surface area contributed by atoms with E-state index >= 15 is 0 Å². The number of carbonyl (C=O) groups excluding carboxylic acids is 2. The maximum atomic E-state index is 14.4. The van der Waals surface area contributed by atoms with Gasteiger partial charge in [-0.2, -0.15) is 0 Å². The molecular formula is C28H33FN4O3. The van der Waals surface area contributed by atoms with Crippen molar-refractivity contribution in [3.8, 4) is 16.9 Å². The molecule has 4 rings (SSSR count). The number of nitrogens with one attached hydrogen (secondary N) is 1. The van der Waals surface area contributed by atoms with Gasteiger partial charge in [0, 0.05) is 31.3 Å². The molecule has 1 fully saturated rings. The van der Waals surface area contributed by atoms with Crippen LogP contribution in [0.25, 0.3) is 16.9 Å². The predicted octanol–water partition coefficient (Wildman–Crippen LogP) is 4.98. The van der Waals surface area contributed by atoms with E-state index in [0.717, 1.165) is 18.4 Å². The number of rotatable bonds is 9. The van der Waals surface area contributed by atoms with Crippen molar-refractivity contribution in [3.63, 3.8) is 0 Å². The second-order valence-corrected chi connectivity index (χ2v) is 9.67. The molecule has 2 aromatic carbocycles. The van der Waals surface area contributed by atoms with Gasteiger partial charge in [-0.3, -0.25) is 19.5 Å². The highest BCUT2D eigenvalue weighted by Gasteiger charge is 2.25. The minimum atomic E-state index is -0.371. The topological polar surface area (TPSA) is 76.5 Å². The fourth-order valence-electron chi connectivity index (χ4n) is 4.25. The monoisotopic (exact) mass is 492 g/mol. The standard InChI is InChI=1S/C28H33FN4O3/c1-19(2)14-27(35)32(16-23-10-7-13-36-23)18-26(34)31-28-30-25(21-8-5-4-6-9-21)17-33(28)22-12-11-20(3)24(29)15-22/h4-6,8-9,11-12,15,17,19,23H,7,10,13-14,16,18H2,1-3H3,(H,30,31,34). The first-order valence-electron chi connectivity index (χ1n) is 12.4. The molecule has 0 radical (unpaired) electrons. The third-order valence-electron chi connectivity index (χ3n) is 6.18. The van der Waals surface area contributed by atoms with Crippen molar-refractivity contribution >= 4 is 17.8 Å². The summed E-state index contributed by atoms with van der Waals surface area (Å²) in [6, 6.07) is 14.4. The molecule has 0 saturated carbocycles. The van der Waals surface area contributed by atoms with Gasteiger partial charge in [0.2, 0.25) is 17.8 Å². The summed E-state index contributed by atoms with van der Waals surface area (Å²) >= 11 is 0. The number of halogens is 1. The molecule has 7 nitrogen and oxygen atoms in total. The Labute approximate surface area is 211 Å². The summed E-state index contributed by atoms with van der Waals surface area (Å²) in [7, 11) is 0. The van der Waals surface area contributed by atoms with Crippen LogP contribution in [0.3, 0.4) is 0 Å². The first-order chi connectivity index (χ1) is 17.3. The second-order valence-electron chi connectivity index (χ2n) is 9.67. The van der Waals surface area contributed by atoms with Crippen LogP contribution in [0.4, 0.5) is 10.3 Å². The Morgan fingerprint density at radius 3 is 2.67 bits per heavy atom. The van der Waals surface area contributed by atoms with E-state index in [9.17, 15) is 14.0 Å². The summed E-state index contributed by atoms with van der Waals surface area (Å²) in [6.07, 6.45) is 3.89. The molecule has 2 amide bonds. The summed E-state index contributed by atoms with van der Waals surface area (Å²) in [4.78, 5) is 32.3. The molecule has 0 bridgehead atoms. The van der Waals surface area contributed by atoms with E-state index < -0.39 is 0 Å². The summed E-state index contributed by atoms with van der Waals surface area (Å²) in [5.41, 5.74) is 2.57. The zero-order valence-corrected chi connectivity index (χ0v) is 21.0. The first kappa shape index (κ1) is 25.6. The lowest BCUT2D eigenvalue weighted by Gasteiger charge is -2.25. The molecule has 1 saturated heterocycles. The zero-order valence-electron chi connectivity index (χ0n) is 21.0. The molecule has 1 aromatic heterocycles. The number of carbonyl (C=O) groups is 2. The fourth-order valence-corrected chi connectivity index (χ4v) is 4.25. The number of hydrogen-bond acceptors (Lipinski definition) is 4. The van der Waals surface area contributed by atoms with Crippen LogP contribution in [0.5, 0.6) is 0 Å². The molecule has 0 spiro atoms. The Balaban J connectivity index is 1.59. The Morgan fingerprint density at radius 1 is 1.22 bits per heavy atom. The van der Waals surface area contributed by atoms with Gasteiger partial charge in [0.05, 0.1) is 17.5 Å². The van der Waals surface area contributed by atoms with E-state index in [1.807, 2.05) is 44.2 Å². The zero-order chi connectivity index (χ0) is 25.7. The van der Waals surface area contributed by atoms with Crippen LogP contribution in [0, 0.1) is 18.7 Å². The number of benzene rings is 2. The second kappa shape index (κ2) is 11.5. The molecule has 0 aliphatic carbocycles. The Bertz CT molecular complexity index is 1200. The first-order valence-corrected chi connectivity index (χ1v) is 12.4. The Kier molecular flexibility index (Phi) is 8.15. The molecule has 1 aliphatic rings. The Hall–Kier alpha value is -3.52. The van der Waals surface area contributed by atoms with Crippen molar-refractivity contribution < 1.29 is 18.7 Å². The quantitative estimate of drug-likeness (QED) is 0.457. The molecule has 2 heterocycles. The van der Waals surface area contributed by atoms with Gasteiger partial charge in [-0.25, -0.2) is 9.37 Å². The van der Waals surface area contributed by atoms with E-state index in [1.54, 1.807) is 34.7 Å². The maximum absolute atomic E-state index is 14.4. The van der Waals surface area contributed by atoms with Crippen molar-refractivity contribution in [2.75, 3.05) is 25.0 Å². The minimum absolute atomic E-state index is 0.0592. The normalized spacial score (nSPS) is 15.3. The third-order valence-corrected chi connectivity index (χ3v) is 6.18. The van der Waals surface area contributed by atoms with Crippen LogP contribution >= 0.6 is 0 Å². The van der Waals surface area contributed by atoms with Crippen LogP contribution in [0.15, 0.2) is 54.7 Å². The van der Waals surface area contributed by atoms with E-state index in [4.69, 9.17) is 4.74 Å². The van der Waals surface area contributed by atoms with Crippen molar-refractivity contribution in [2.45, 2.75) is 46.1 Å². The number of hydrogen-bond donors (Lipinski definition) is 1. The number of imidazole rings is 1. The van der Waals surface area contributed by atoms with Gasteiger partial charge in [-0.1, -0.05) is 50.2 Å². The third kappa shape index (κ3) is 6.37. The largest absolute Gasteiger partial charge is 0.376 e. The number of ether oxygens (including phenoxy) is 1. The van der Waals surface area contributed by atoms with Crippen LogP contribution in [0.2, 0.25) is 0 Å². The summed E-state index contributed by atoms with van der Waals surface area (Å²) in [6.45, 7) is 6.60. The molecule has 190 valence electrons. The molecular weight excluding hydrogens is 459 g/mol. The number of amides is 2. The molecule has 1 atom stereocenters. The van der Waals surface area contributed by atoms with Gasteiger partial charge in [-0.05, 0) is 43.4 Å². The van der Waals surface area contributed by atoms with Gasteiger partial charge >= 0.3 is 0 Å². The van der Waals surface area contributed by atoms with Crippen LogP contribution in [-0.2, 0) is 14.3 Å². The highest BCUT2D eigenvalue weighted by Crippen LogP contribution is 2.25. The number of aryl methyl sites for hydroxylation is 1. The summed E-state index contributed by atoms with van der Waals surface area (Å²) < 4.78 is 21.7. The molecule has 8 heteroatoms. The number of anilines is 1. The van der Waals surface area contributed by atoms with Gasteiger partial charge < -0.3 is 9.64 Å². The minimum Gasteiger partial charge on any atom is -0.376 e. The lowest BCUT2D eigenvalue weighted by molar-refractivity contribution is -0.136. The smallest absolute Gasteiger partial charge is 0.246 e. The van der Waals surface area contributed by atoms with Gasteiger partial charge in [0.1, 0.15) is 12.4 Å². The van der Waals surface area contributed by atoms with E-state index in [-0.39, 0.29) is 42.1 Å². The molecule has 1 N–H and O–H groups in total. The van der Waals surface area contributed by atoms with Crippen molar-refractivity contribution in [1.29, 1.82) is 0 Å². The van der Waals surface area contributed by atoms with Crippen molar-refractivity contribution in [1.82, 2.24) is 14.5 Å². The van der Waals surface area contributed by atoms with Crippen molar-refractivity contribution in [2.24, 2.45) is 5.92 Å². The van der Waals surface area contributed by atoms with E-state index in [0.29, 0.717) is 36.5 Å². The predicted molar refractivity (Wildman–Crippen MR) is 137 cm³/mol. The fraction of sp³-hybridized carbons (Fsp3) is 0.393. The van der Waals surface area contributed by atoms with E-state index in [2.05, 4.69) is 10.3 Å². The molecule has 3 aromatic rings. The number of aromatic nitrogens is 2. The Morgan fingerprint density at radius 2 is 2.00 bits per heavy atom. The van der Waals surface area contributed by atoms with E-state index in [1.165, 1.54) is 6.07 Å². The lowest BCUT2D eigenvalue weighted by atomic mass is 10.1. The van der Waals surface area contributed by atoms with Gasteiger partial charge in [-0.15, -0.1) is 0 Å². The van der Waals surface area contributed by atoms with Gasteiger partial charge in [0.25, 0.3) is 0 Å². The van der Waals surface area contributed by atoms with Crippen LogP contribution in [0.1, 0.15) is 38.7 Å². The SMILES string of the molecule is Cc1ccc(-n2cc(-c3ccccc3)nc2NC(=O)CN(CC2CCCO2)C(=O)CC(C)C)cc1F. The average molecular weight is 493 g/mol. The van der Waals surface area contributed by atoms with Gasteiger partial charge in [0.15, 0.2) is 0 Å².